The molecule has 1 saturated heterocycles. The van der Waals surface area contributed by atoms with Crippen LogP contribution in [0.3, 0.4) is 0 Å². The van der Waals surface area contributed by atoms with E-state index in [0.29, 0.717) is 13.1 Å². The monoisotopic (exact) mass is 294 g/mol. The van der Waals surface area contributed by atoms with Crippen molar-refractivity contribution in [1.82, 2.24) is 9.80 Å². The summed E-state index contributed by atoms with van der Waals surface area (Å²) < 4.78 is 0. The fraction of sp³-hybridized carbons (Fsp3) is 0.600. The maximum Gasteiger partial charge on any atom is 0.264 e. The van der Waals surface area contributed by atoms with Crippen molar-refractivity contribution in [3.05, 3.63) is 21.9 Å². The second kappa shape index (κ2) is 6.39. The van der Waals surface area contributed by atoms with E-state index < -0.39 is 0 Å². The van der Waals surface area contributed by atoms with Gasteiger partial charge in [-0.3, -0.25) is 9.59 Å². The number of likely N-dealkylation sites (N-methyl/N-ethyl adjacent to an activating group) is 1. The molecule has 0 radical (unpaired) electrons. The van der Waals surface area contributed by atoms with E-state index in [9.17, 15) is 9.59 Å². The van der Waals surface area contributed by atoms with Gasteiger partial charge in [-0.15, -0.1) is 11.3 Å². The van der Waals surface area contributed by atoms with Gasteiger partial charge in [0.25, 0.3) is 5.91 Å². The fourth-order valence-electron chi connectivity index (χ4n) is 2.52. The number of thiophene rings is 1. The lowest BCUT2D eigenvalue weighted by atomic mass is 10.0. The quantitative estimate of drug-likeness (QED) is 0.856. The standard InChI is InChI=1S/C15H22N2O2S/c1-4-5-6-12-14(18)16(3)9-10-17(12)15(19)13-8-7-11(2)20-13/h7-8,12H,4-6,9-10H2,1-3H3. The Morgan fingerprint density at radius 2 is 2.15 bits per heavy atom. The highest BCUT2D eigenvalue weighted by Gasteiger charge is 2.36. The largest absolute Gasteiger partial charge is 0.342 e. The zero-order valence-corrected chi connectivity index (χ0v) is 13.2. The van der Waals surface area contributed by atoms with Crippen LogP contribution < -0.4 is 0 Å². The van der Waals surface area contributed by atoms with E-state index in [1.54, 1.807) is 9.80 Å². The summed E-state index contributed by atoms with van der Waals surface area (Å²) in [4.78, 5) is 30.3. The van der Waals surface area contributed by atoms with Gasteiger partial charge >= 0.3 is 0 Å². The molecule has 110 valence electrons. The van der Waals surface area contributed by atoms with Gasteiger partial charge in [-0.05, 0) is 25.5 Å². The van der Waals surface area contributed by atoms with Crippen molar-refractivity contribution in [1.29, 1.82) is 0 Å². The Morgan fingerprint density at radius 3 is 2.75 bits per heavy atom. The number of hydrogen-bond acceptors (Lipinski definition) is 3. The molecule has 0 saturated carbocycles. The van der Waals surface area contributed by atoms with Gasteiger partial charge in [0.2, 0.25) is 5.91 Å². The number of nitrogens with zero attached hydrogens (tertiary/aromatic N) is 2. The molecular formula is C15H22N2O2S. The van der Waals surface area contributed by atoms with Gasteiger partial charge in [0.15, 0.2) is 0 Å². The summed E-state index contributed by atoms with van der Waals surface area (Å²) in [6, 6.07) is 3.53. The van der Waals surface area contributed by atoms with E-state index in [-0.39, 0.29) is 17.9 Å². The van der Waals surface area contributed by atoms with Crippen LogP contribution in [0.15, 0.2) is 12.1 Å². The van der Waals surface area contributed by atoms with Crippen molar-refractivity contribution < 1.29 is 9.59 Å². The van der Waals surface area contributed by atoms with E-state index in [1.165, 1.54) is 11.3 Å². The topological polar surface area (TPSA) is 40.6 Å². The Labute approximate surface area is 124 Å². The number of carbonyl (C=O) groups excluding carboxylic acids is 2. The molecule has 0 N–H and O–H groups in total. The lowest BCUT2D eigenvalue weighted by Crippen LogP contribution is -2.57. The van der Waals surface area contributed by atoms with Crippen LogP contribution >= 0.6 is 11.3 Å². The summed E-state index contributed by atoms with van der Waals surface area (Å²) >= 11 is 1.50. The van der Waals surface area contributed by atoms with Crippen molar-refractivity contribution >= 4 is 23.2 Å². The summed E-state index contributed by atoms with van der Waals surface area (Å²) in [5.74, 6) is 0.0805. The molecule has 1 aromatic heterocycles. The van der Waals surface area contributed by atoms with Gasteiger partial charge in [-0.1, -0.05) is 19.8 Å². The SMILES string of the molecule is CCCCC1C(=O)N(C)CCN1C(=O)c1ccc(C)s1. The zero-order valence-electron chi connectivity index (χ0n) is 12.4. The summed E-state index contributed by atoms with van der Waals surface area (Å²) in [6.07, 6.45) is 2.76. The Balaban J connectivity index is 2.18. The first-order valence-electron chi connectivity index (χ1n) is 7.17. The maximum absolute atomic E-state index is 12.6. The lowest BCUT2D eigenvalue weighted by Gasteiger charge is -2.39. The zero-order chi connectivity index (χ0) is 14.7. The third kappa shape index (κ3) is 3.03. The van der Waals surface area contributed by atoms with Gasteiger partial charge in [-0.2, -0.15) is 0 Å². The van der Waals surface area contributed by atoms with Gasteiger partial charge < -0.3 is 9.80 Å². The Morgan fingerprint density at radius 1 is 1.40 bits per heavy atom. The molecule has 1 aromatic rings. The van der Waals surface area contributed by atoms with Crippen molar-refractivity contribution in [3.8, 4) is 0 Å². The predicted molar refractivity (Wildman–Crippen MR) is 81.0 cm³/mol. The second-order valence-corrected chi connectivity index (χ2v) is 6.61. The summed E-state index contributed by atoms with van der Waals surface area (Å²) in [5, 5.41) is 0. The third-order valence-corrected chi connectivity index (χ3v) is 4.75. The molecule has 5 heteroatoms. The molecule has 1 aliphatic heterocycles. The summed E-state index contributed by atoms with van der Waals surface area (Å²) in [6.45, 7) is 5.35. The minimum absolute atomic E-state index is 0.00523. The number of unbranched alkanes of at least 4 members (excludes halogenated alkanes) is 1. The fourth-order valence-corrected chi connectivity index (χ4v) is 3.35. The molecule has 2 heterocycles. The first-order chi connectivity index (χ1) is 9.54. The number of carbonyl (C=O) groups is 2. The number of aryl methyl sites for hydroxylation is 1. The molecule has 2 rings (SSSR count). The molecule has 0 aliphatic carbocycles. The van der Waals surface area contributed by atoms with E-state index >= 15 is 0 Å². The van der Waals surface area contributed by atoms with Gasteiger partial charge in [-0.25, -0.2) is 0 Å². The average molecular weight is 294 g/mol. The van der Waals surface area contributed by atoms with E-state index in [4.69, 9.17) is 0 Å². The first-order valence-corrected chi connectivity index (χ1v) is 7.98. The van der Waals surface area contributed by atoms with E-state index in [1.807, 2.05) is 26.1 Å². The Kier molecular flexibility index (Phi) is 4.81. The molecule has 0 aromatic carbocycles. The molecule has 1 fully saturated rings. The van der Waals surface area contributed by atoms with Gasteiger partial charge in [0.1, 0.15) is 6.04 Å². The van der Waals surface area contributed by atoms with Crippen LogP contribution in [0.25, 0.3) is 0 Å². The van der Waals surface area contributed by atoms with Crippen LogP contribution in [0.1, 0.15) is 40.7 Å². The molecule has 0 spiro atoms. The van der Waals surface area contributed by atoms with Gasteiger partial charge in [0, 0.05) is 25.0 Å². The minimum Gasteiger partial charge on any atom is -0.342 e. The smallest absolute Gasteiger partial charge is 0.264 e. The second-order valence-electron chi connectivity index (χ2n) is 5.33. The molecule has 1 unspecified atom stereocenters. The molecule has 20 heavy (non-hydrogen) atoms. The van der Waals surface area contributed by atoms with E-state index in [2.05, 4.69) is 6.92 Å². The number of hydrogen-bond donors (Lipinski definition) is 0. The first kappa shape index (κ1) is 15.0. The summed E-state index contributed by atoms with van der Waals surface area (Å²) in [7, 11) is 1.82. The van der Waals surface area contributed by atoms with E-state index in [0.717, 1.165) is 29.0 Å². The van der Waals surface area contributed by atoms with Crippen molar-refractivity contribution in [3.63, 3.8) is 0 Å². The Bertz CT molecular complexity index is 498. The van der Waals surface area contributed by atoms with Crippen LogP contribution in [-0.2, 0) is 4.79 Å². The Hall–Kier alpha value is -1.36. The lowest BCUT2D eigenvalue weighted by molar-refractivity contribution is -0.138. The molecule has 1 atom stereocenters. The van der Waals surface area contributed by atoms with Crippen molar-refractivity contribution in [2.24, 2.45) is 0 Å². The molecule has 2 amide bonds. The number of rotatable bonds is 4. The normalized spacial score (nSPS) is 19.6. The summed E-state index contributed by atoms with van der Waals surface area (Å²) in [5.41, 5.74) is 0. The number of amides is 2. The van der Waals surface area contributed by atoms with Crippen molar-refractivity contribution in [2.45, 2.75) is 39.2 Å². The van der Waals surface area contributed by atoms with Gasteiger partial charge in [0.05, 0.1) is 4.88 Å². The van der Waals surface area contributed by atoms with Crippen LogP contribution in [0, 0.1) is 6.92 Å². The highest BCUT2D eigenvalue weighted by Crippen LogP contribution is 2.22. The van der Waals surface area contributed by atoms with Crippen LogP contribution in [-0.4, -0.2) is 47.8 Å². The molecule has 1 aliphatic rings. The van der Waals surface area contributed by atoms with Crippen LogP contribution in [0.5, 0.6) is 0 Å². The molecule has 4 nitrogen and oxygen atoms in total. The number of piperazine rings is 1. The highest BCUT2D eigenvalue weighted by molar-refractivity contribution is 7.13. The molecule has 0 bridgehead atoms. The highest BCUT2D eigenvalue weighted by atomic mass is 32.1. The van der Waals surface area contributed by atoms with Crippen LogP contribution in [0.2, 0.25) is 0 Å². The maximum atomic E-state index is 12.6. The average Bonchev–Trinajstić information content (AvgIpc) is 2.86. The predicted octanol–water partition coefficient (Wildman–Crippen LogP) is 2.53. The van der Waals surface area contributed by atoms with Crippen molar-refractivity contribution in [2.75, 3.05) is 20.1 Å². The third-order valence-electron chi connectivity index (χ3n) is 3.76. The van der Waals surface area contributed by atoms with Crippen LogP contribution in [0.4, 0.5) is 0 Å². The molecular weight excluding hydrogens is 272 g/mol. The minimum atomic E-state index is -0.288.